The summed E-state index contributed by atoms with van der Waals surface area (Å²) in [6, 6.07) is 0. The van der Waals surface area contributed by atoms with Crippen LogP contribution in [0.4, 0.5) is 0 Å². The van der Waals surface area contributed by atoms with Crippen LogP contribution >= 0.6 is 0 Å². The third-order valence-corrected chi connectivity index (χ3v) is 24.9. The number of carbonyl (C=O) groups excluding carboxylic acids is 6. The molecular weight excluding hydrogens is 1060 g/mol. The first-order chi connectivity index (χ1) is 39.3. The normalized spacial score (nSPS) is 40.4. The van der Waals surface area contributed by atoms with Gasteiger partial charge in [-0.15, -0.1) is 0 Å². The molecule has 8 N–H and O–H groups in total. The summed E-state index contributed by atoms with van der Waals surface area (Å²) < 4.78 is 10.0. The topological polar surface area (TPSA) is 273 Å². The summed E-state index contributed by atoms with van der Waals surface area (Å²) in [6.07, 6.45) is 11.1. The van der Waals surface area contributed by atoms with Crippen LogP contribution in [0, 0.1) is 92.7 Å². The van der Waals surface area contributed by atoms with Crippen LogP contribution in [-0.2, 0) is 38.2 Å². The van der Waals surface area contributed by atoms with Gasteiger partial charge in [-0.2, -0.15) is 0 Å². The molecule has 472 valence electrons. The Morgan fingerprint density at radius 3 is 1.28 bits per heavy atom. The molecule has 0 saturated heterocycles. The number of aliphatic hydroxyl groups excluding tert-OH is 6. The molecule has 83 heavy (non-hydrogen) atoms. The van der Waals surface area contributed by atoms with Gasteiger partial charge in [-0.3, -0.25) is 28.8 Å². The van der Waals surface area contributed by atoms with Gasteiger partial charge in [0.2, 0.25) is 23.6 Å². The molecular formula is C65H108N4O14. The van der Waals surface area contributed by atoms with Gasteiger partial charge < -0.3 is 60.5 Å². The van der Waals surface area contributed by atoms with Gasteiger partial charge in [-0.1, -0.05) is 41.5 Å². The van der Waals surface area contributed by atoms with E-state index in [2.05, 4.69) is 52.2 Å². The average molecular weight is 1170 g/mol. The maximum Gasteiger partial charge on any atom is 0.325 e. The summed E-state index contributed by atoms with van der Waals surface area (Å²) in [6.45, 7) is 16.3. The second kappa shape index (κ2) is 27.3. The molecule has 2 unspecified atom stereocenters. The lowest BCUT2D eigenvalue weighted by atomic mass is 9.43. The number of hydrogen-bond acceptors (Lipinski definition) is 14. The Balaban J connectivity index is 0.875. The molecule has 22 atom stereocenters. The second-order valence-corrected chi connectivity index (χ2v) is 28.9. The number of esters is 2. The van der Waals surface area contributed by atoms with E-state index < -0.39 is 59.0 Å². The van der Waals surface area contributed by atoms with E-state index in [1.165, 1.54) is 9.80 Å². The van der Waals surface area contributed by atoms with Gasteiger partial charge in [-0.25, -0.2) is 0 Å². The smallest absolute Gasteiger partial charge is 0.325 e. The van der Waals surface area contributed by atoms with E-state index in [0.29, 0.717) is 70.6 Å². The Bertz CT molecular complexity index is 2120. The Hall–Kier alpha value is -3.42. The molecule has 4 amide bonds. The van der Waals surface area contributed by atoms with Crippen LogP contribution in [0.25, 0.3) is 0 Å². The number of aliphatic hydroxyl groups is 6. The number of hydrogen-bond donors (Lipinski definition) is 8. The van der Waals surface area contributed by atoms with Crippen molar-refractivity contribution in [3.05, 3.63) is 0 Å². The maximum atomic E-state index is 14.3. The molecule has 8 aliphatic rings. The lowest BCUT2D eigenvalue weighted by molar-refractivity contribution is -0.207. The first-order valence-corrected chi connectivity index (χ1v) is 32.8. The van der Waals surface area contributed by atoms with Crippen molar-refractivity contribution in [2.24, 2.45) is 92.7 Å². The van der Waals surface area contributed by atoms with Gasteiger partial charge in [0.25, 0.3) is 0 Å². The van der Waals surface area contributed by atoms with Crippen molar-refractivity contribution in [2.75, 3.05) is 52.5 Å². The van der Waals surface area contributed by atoms with Crippen molar-refractivity contribution in [1.29, 1.82) is 0 Å². The van der Waals surface area contributed by atoms with Crippen LogP contribution in [-0.4, -0.2) is 165 Å². The fourth-order valence-electron chi connectivity index (χ4n) is 20.3. The number of amides is 4. The van der Waals surface area contributed by atoms with E-state index >= 15 is 0 Å². The number of fused-ring (bicyclic) bond motifs is 10. The van der Waals surface area contributed by atoms with Crippen molar-refractivity contribution in [3.8, 4) is 0 Å². The molecule has 0 spiro atoms. The van der Waals surface area contributed by atoms with Crippen LogP contribution in [0.1, 0.15) is 190 Å². The van der Waals surface area contributed by atoms with Gasteiger partial charge in [0, 0.05) is 25.9 Å². The Kier molecular flexibility index (Phi) is 21.6. The zero-order valence-electron chi connectivity index (χ0n) is 51.7. The highest BCUT2D eigenvalue weighted by molar-refractivity contribution is 5.88. The summed E-state index contributed by atoms with van der Waals surface area (Å²) >= 11 is 0. The first-order valence-electron chi connectivity index (χ1n) is 32.8. The maximum absolute atomic E-state index is 14.3. The van der Waals surface area contributed by atoms with Crippen molar-refractivity contribution < 1.29 is 68.9 Å². The lowest BCUT2D eigenvalue weighted by Crippen LogP contribution is -2.62. The molecule has 8 saturated carbocycles. The molecule has 8 rings (SSSR count). The molecule has 0 heterocycles. The van der Waals surface area contributed by atoms with Gasteiger partial charge >= 0.3 is 11.9 Å². The quantitative estimate of drug-likeness (QED) is 0.0412. The SMILES string of the molecule is CCOC(=O)CNC(=O)CN(CCCCCN(CC(=O)NCC(=O)OCC)C(=O)CC[C@@H](C)C1CC[C@H]2[C@@H]3[C@H](O)C[C@@H]4C[C@H](O)CC[C@]4(C)[C@H]3C[C@H](O)[C@]12C)C(=O)CC[C@@H](C)C1CC[C@H]2[C@@H]3[C@H](O)C[C@@H]4C[C@H](O)CC[C@]4(C)[C@H]3C[C@H](O)[C@]12C. The first kappa shape index (κ1) is 65.6. The van der Waals surface area contributed by atoms with E-state index in [0.717, 1.165) is 51.4 Å². The highest BCUT2D eigenvalue weighted by Gasteiger charge is 2.67. The summed E-state index contributed by atoms with van der Waals surface area (Å²) in [5.41, 5.74) is -0.942. The van der Waals surface area contributed by atoms with Crippen molar-refractivity contribution >= 4 is 35.6 Å². The Labute approximate surface area is 495 Å². The number of unbranched alkanes of at least 4 members (excludes halogenated alkanes) is 2. The highest BCUT2D eigenvalue weighted by atomic mass is 16.5. The standard InChI is InChI=1S/C65H108N4O14/c1-9-82-58(80)34-66-54(76)36-68(56(78)20-14-38(3)44-16-18-46-60-48(32-52(74)64(44,46)7)62(5)24-22-42(70)28-40(62)30-50(60)72)26-12-11-13-27-69(37-55(77)67-35-59(81)83-10-2)57(79)21-15-39(4)45-17-19-47-61-49(33-53(75)65(45,47)8)63(6)25-23-43(71)29-41(63)31-51(61)73/h38-53,60-61,70-75H,9-37H2,1-8H3,(H,66,76)(H,67,77)/t38-,39-,40+,41+,42-,43-,44?,45?,46+,47+,48+,49+,50-,51-,52+,53+,60+,61+,62+,63+,64-,65-/m1/s1. The molecule has 0 aromatic heterocycles. The average Bonchev–Trinajstić information content (AvgIpc) is 1.82. The van der Waals surface area contributed by atoms with E-state index in [-0.39, 0.29) is 171 Å². The predicted molar refractivity (Wildman–Crippen MR) is 311 cm³/mol. The Morgan fingerprint density at radius 1 is 0.518 bits per heavy atom. The van der Waals surface area contributed by atoms with E-state index in [1.54, 1.807) is 13.8 Å². The van der Waals surface area contributed by atoms with Gasteiger partial charge in [0.05, 0.1) is 62.9 Å². The number of ether oxygens (including phenoxy) is 2. The van der Waals surface area contributed by atoms with Crippen molar-refractivity contribution in [1.82, 2.24) is 20.4 Å². The number of nitrogens with one attached hydrogen (secondary N) is 2. The molecule has 8 aliphatic carbocycles. The molecule has 0 aromatic rings. The third kappa shape index (κ3) is 13.5. The highest BCUT2D eigenvalue weighted by Crippen LogP contribution is 2.70. The van der Waals surface area contributed by atoms with Crippen LogP contribution in [0.15, 0.2) is 0 Å². The lowest BCUT2D eigenvalue weighted by Gasteiger charge is -2.63. The third-order valence-electron chi connectivity index (χ3n) is 24.9. The molecule has 0 bridgehead atoms. The molecule has 0 radical (unpaired) electrons. The predicted octanol–water partition coefficient (Wildman–Crippen LogP) is 5.93. The van der Waals surface area contributed by atoms with Gasteiger partial charge in [0.15, 0.2) is 0 Å². The number of rotatable bonds is 24. The largest absolute Gasteiger partial charge is 0.465 e. The monoisotopic (exact) mass is 1170 g/mol. The number of carbonyl (C=O) groups is 6. The van der Waals surface area contributed by atoms with Gasteiger partial charge in [0.1, 0.15) is 13.1 Å². The zero-order chi connectivity index (χ0) is 60.3. The minimum atomic E-state index is -0.583. The molecule has 18 nitrogen and oxygen atoms in total. The van der Waals surface area contributed by atoms with Gasteiger partial charge in [-0.05, 0) is 229 Å². The van der Waals surface area contributed by atoms with Crippen LogP contribution in [0.3, 0.4) is 0 Å². The van der Waals surface area contributed by atoms with E-state index in [9.17, 15) is 59.4 Å². The minimum Gasteiger partial charge on any atom is -0.465 e. The van der Waals surface area contributed by atoms with E-state index in [4.69, 9.17) is 9.47 Å². The summed E-state index contributed by atoms with van der Waals surface area (Å²) in [5, 5.41) is 74.3. The fourth-order valence-corrected chi connectivity index (χ4v) is 20.3. The van der Waals surface area contributed by atoms with Crippen LogP contribution < -0.4 is 10.6 Å². The van der Waals surface area contributed by atoms with Crippen LogP contribution in [0.5, 0.6) is 0 Å². The summed E-state index contributed by atoms with van der Waals surface area (Å²) in [5.74, 6) is -0.952. The minimum absolute atomic E-state index is 0.0364. The second-order valence-electron chi connectivity index (χ2n) is 28.9. The fraction of sp³-hybridized carbons (Fsp3) is 0.908. The Morgan fingerprint density at radius 2 is 0.904 bits per heavy atom. The van der Waals surface area contributed by atoms with Crippen molar-refractivity contribution in [2.45, 2.75) is 227 Å². The molecule has 18 heteroatoms. The zero-order valence-corrected chi connectivity index (χ0v) is 51.7. The van der Waals surface area contributed by atoms with Crippen molar-refractivity contribution in [3.63, 3.8) is 0 Å². The number of nitrogens with zero attached hydrogens (tertiary/aromatic N) is 2. The molecule has 0 aromatic carbocycles. The summed E-state index contributed by atoms with van der Waals surface area (Å²) in [7, 11) is 0. The van der Waals surface area contributed by atoms with Crippen LogP contribution in [0.2, 0.25) is 0 Å². The molecule has 8 fully saturated rings. The molecule has 0 aliphatic heterocycles. The van der Waals surface area contributed by atoms with E-state index in [1.807, 2.05) is 0 Å². The summed E-state index contributed by atoms with van der Waals surface area (Å²) in [4.78, 5) is 82.7.